The van der Waals surface area contributed by atoms with Crippen molar-refractivity contribution in [3.8, 4) is 0 Å². The van der Waals surface area contributed by atoms with E-state index < -0.39 is 0 Å². The predicted molar refractivity (Wildman–Crippen MR) is 125 cm³/mol. The predicted octanol–water partition coefficient (Wildman–Crippen LogP) is 8.18. The molecular formula is C22H16S4. The highest BCUT2D eigenvalue weighted by atomic mass is 32.2. The first-order chi connectivity index (χ1) is 12.9. The highest BCUT2D eigenvalue weighted by molar-refractivity contribution is 8.33. The first-order valence-electron chi connectivity index (χ1n) is 8.17. The summed E-state index contributed by atoms with van der Waals surface area (Å²) in [5.74, 6) is 0. The second kappa shape index (κ2) is 8.96. The van der Waals surface area contributed by atoms with E-state index in [1.165, 1.54) is 29.4 Å². The second-order valence-electron chi connectivity index (χ2n) is 5.54. The molecule has 4 heteroatoms. The molecule has 2 aromatic rings. The zero-order chi connectivity index (χ0) is 17.6. The molecule has 0 aromatic heterocycles. The Balaban J connectivity index is 1.35. The molecule has 2 aliphatic rings. The Hall–Kier alpha value is -1.46. The molecule has 0 saturated carbocycles. The molecule has 4 rings (SSSR count). The van der Waals surface area contributed by atoms with Crippen LogP contribution < -0.4 is 0 Å². The zero-order valence-corrected chi connectivity index (χ0v) is 17.1. The Kier molecular flexibility index (Phi) is 6.18. The highest BCUT2D eigenvalue weighted by Crippen LogP contribution is 2.55. The molecule has 0 aliphatic carbocycles. The largest absolute Gasteiger partial charge is 0.0878 e. The molecule has 0 nitrogen and oxygen atoms in total. The molecule has 2 aromatic carbocycles. The molecule has 0 amide bonds. The maximum atomic E-state index is 2.24. The third-order valence-corrected chi connectivity index (χ3v) is 8.86. The van der Waals surface area contributed by atoms with Crippen LogP contribution in [0.5, 0.6) is 0 Å². The second-order valence-corrected chi connectivity index (χ2v) is 9.99. The fraction of sp³-hybridized carbons (Fsp3) is 0. The number of allylic oxidation sites excluding steroid dienone is 2. The van der Waals surface area contributed by atoms with Crippen LogP contribution >= 0.6 is 47.0 Å². The Labute approximate surface area is 171 Å². The van der Waals surface area contributed by atoms with Crippen LogP contribution in [0.2, 0.25) is 0 Å². The van der Waals surface area contributed by atoms with Crippen molar-refractivity contribution in [3.05, 3.63) is 113 Å². The van der Waals surface area contributed by atoms with E-state index in [2.05, 4.69) is 83.7 Å². The van der Waals surface area contributed by atoms with E-state index in [9.17, 15) is 0 Å². The minimum Gasteiger partial charge on any atom is -0.0878 e. The summed E-state index contributed by atoms with van der Waals surface area (Å²) in [6.45, 7) is 0. The van der Waals surface area contributed by atoms with Gasteiger partial charge in [-0.2, -0.15) is 0 Å². The van der Waals surface area contributed by atoms with E-state index in [4.69, 9.17) is 0 Å². The number of rotatable bonds is 4. The fourth-order valence-corrected chi connectivity index (χ4v) is 7.01. The Morgan fingerprint density at radius 2 is 0.923 bits per heavy atom. The van der Waals surface area contributed by atoms with E-state index >= 15 is 0 Å². The van der Waals surface area contributed by atoms with Crippen molar-refractivity contribution in [3.63, 3.8) is 0 Å². The number of hydrogen-bond acceptors (Lipinski definition) is 4. The first-order valence-corrected chi connectivity index (χ1v) is 11.6. The van der Waals surface area contributed by atoms with Gasteiger partial charge in [-0.15, -0.1) is 0 Å². The van der Waals surface area contributed by atoms with Crippen LogP contribution in [0.15, 0.2) is 102 Å². The standard InChI is InChI=1S/C22H16S4/c1-3-7-17(8-4-1)11-13-19-15-23-21(25-19)22-24-16-20(26-22)14-12-18-9-5-2-6-10-18/h1-16H/b13-11+,14-12+,22-21-. The summed E-state index contributed by atoms with van der Waals surface area (Å²) in [4.78, 5) is 2.60. The van der Waals surface area contributed by atoms with Gasteiger partial charge in [-0.25, -0.2) is 0 Å². The molecular weight excluding hydrogens is 393 g/mol. The topological polar surface area (TPSA) is 0 Å². The molecule has 26 heavy (non-hydrogen) atoms. The molecule has 0 atom stereocenters. The SMILES string of the molecule is C1=C(/C=C/c2ccccc2)S/C(=C2/SC=C(/C=C/c3ccccc3)S2)S1. The Morgan fingerprint density at radius 3 is 1.35 bits per heavy atom. The molecule has 128 valence electrons. The van der Waals surface area contributed by atoms with Crippen molar-refractivity contribution < 1.29 is 0 Å². The highest BCUT2D eigenvalue weighted by Gasteiger charge is 2.20. The normalized spacial score (nSPS) is 20.2. The van der Waals surface area contributed by atoms with Crippen molar-refractivity contribution in [2.24, 2.45) is 0 Å². The molecule has 0 fully saturated rings. The van der Waals surface area contributed by atoms with Crippen molar-refractivity contribution in [1.82, 2.24) is 0 Å². The Bertz CT molecular complexity index is 842. The van der Waals surface area contributed by atoms with Crippen molar-refractivity contribution in [2.45, 2.75) is 0 Å². The van der Waals surface area contributed by atoms with Gasteiger partial charge >= 0.3 is 0 Å². The summed E-state index contributed by atoms with van der Waals surface area (Å²) < 4.78 is 2.76. The van der Waals surface area contributed by atoms with E-state index in [1.54, 1.807) is 0 Å². The summed E-state index contributed by atoms with van der Waals surface area (Å²) in [5, 5.41) is 4.48. The maximum Gasteiger partial charge on any atom is 0.0700 e. The Morgan fingerprint density at radius 1 is 0.500 bits per heavy atom. The van der Waals surface area contributed by atoms with Gasteiger partial charge in [0.1, 0.15) is 0 Å². The van der Waals surface area contributed by atoms with Gasteiger partial charge in [0.2, 0.25) is 0 Å². The number of thioether (sulfide) groups is 4. The molecule has 0 unspecified atom stereocenters. The summed E-state index contributed by atoms with van der Waals surface area (Å²) >= 11 is 7.38. The first kappa shape index (κ1) is 17.9. The maximum absolute atomic E-state index is 2.24. The van der Waals surface area contributed by atoms with E-state index in [0.29, 0.717) is 0 Å². The molecule has 0 saturated heterocycles. The van der Waals surface area contributed by atoms with Gasteiger partial charge in [-0.05, 0) is 34.1 Å². The van der Waals surface area contributed by atoms with Crippen LogP contribution in [0, 0.1) is 0 Å². The smallest absolute Gasteiger partial charge is 0.0700 e. The van der Waals surface area contributed by atoms with Gasteiger partial charge in [0.25, 0.3) is 0 Å². The van der Waals surface area contributed by atoms with Crippen LogP contribution in [0.25, 0.3) is 12.2 Å². The van der Waals surface area contributed by atoms with Gasteiger partial charge in [0.05, 0.1) is 8.47 Å². The third kappa shape index (κ3) is 4.83. The van der Waals surface area contributed by atoms with E-state index in [0.717, 1.165) is 0 Å². The zero-order valence-electron chi connectivity index (χ0n) is 13.9. The van der Waals surface area contributed by atoms with Crippen LogP contribution in [-0.4, -0.2) is 0 Å². The van der Waals surface area contributed by atoms with Crippen molar-refractivity contribution >= 4 is 59.2 Å². The third-order valence-electron chi connectivity index (χ3n) is 3.63. The van der Waals surface area contributed by atoms with E-state index in [1.807, 2.05) is 59.2 Å². The molecule has 0 bridgehead atoms. The summed E-state index contributed by atoms with van der Waals surface area (Å²) in [6.07, 6.45) is 8.76. The quantitative estimate of drug-likeness (QED) is 0.500. The minimum atomic E-state index is 1.24. The van der Waals surface area contributed by atoms with Gasteiger partial charge in [-0.1, -0.05) is 120 Å². The number of hydrogen-bond donors (Lipinski definition) is 0. The monoisotopic (exact) mass is 408 g/mol. The molecule has 0 spiro atoms. The van der Waals surface area contributed by atoms with Crippen LogP contribution in [0.4, 0.5) is 0 Å². The fourth-order valence-electron chi connectivity index (χ4n) is 2.34. The lowest BCUT2D eigenvalue weighted by Crippen LogP contribution is -1.71. The van der Waals surface area contributed by atoms with Gasteiger partial charge in [0, 0.05) is 9.81 Å². The van der Waals surface area contributed by atoms with Crippen molar-refractivity contribution in [2.75, 3.05) is 0 Å². The number of benzene rings is 2. The molecule has 2 heterocycles. The molecule has 2 aliphatic heterocycles. The summed E-state index contributed by atoms with van der Waals surface area (Å²) in [7, 11) is 0. The van der Waals surface area contributed by atoms with Gasteiger partial charge in [-0.3, -0.25) is 0 Å². The minimum absolute atomic E-state index is 1.24. The van der Waals surface area contributed by atoms with Crippen LogP contribution in [-0.2, 0) is 0 Å². The summed E-state index contributed by atoms with van der Waals surface area (Å²) in [5.41, 5.74) is 2.47. The van der Waals surface area contributed by atoms with Crippen molar-refractivity contribution in [1.29, 1.82) is 0 Å². The average Bonchev–Trinajstić information content (AvgIpc) is 3.36. The van der Waals surface area contributed by atoms with E-state index in [-0.39, 0.29) is 0 Å². The average molecular weight is 409 g/mol. The van der Waals surface area contributed by atoms with Crippen LogP contribution in [0.1, 0.15) is 11.1 Å². The lowest BCUT2D eigenvalue weighted by Gasteiger charge is -2.01. The summed E-state index contributed by atoms with van der Waals surface area (Å²) in [6, 6.07) is 20.9. The van der Waals surface area contributed by atoms with Gasteiger partial charge < -0.3 is 0 Å². The molecule has 0 radical (unpaired) electrons. The molecule has 0 N–H and O–H groups in total. The lowest BCUT2D eigenvalue weighted by atomic mass is 10.2. The lowest BCUT2D eigenvalue weighted by molar-refractivity contribution is 1.66. The van der Waals surface area contributed by atoms with Crippen LogP contribution in [0.3, 0.4) is 0 Å². The van der Waals surface area contributed by atoms with Gasteiger partial charge in [0.15, 0.2) is 0 Å².